The van der Waals surface area contributed by atoms with E-state index >= 15 is 0 Å². The van der Waals surface area contributed by atoms with Crippen molar-refractivity contribution in [2.24, 2.45) is 5.92 Å². The van der Waals surface area contributed by atoms with Crippen LogP contribution < -0.4 is 9.88 Å². The fourth-order valence-electron chi connectivity index (χ4n) is 5.41. The van der Waals surface area contributed by atoms with E-state index in [0.29, 0.717) is 11.4 Å². The van der Waals surface area contributed by atoms with Gasteiger partial charge in [-0.3, -0.25) is 0 Å². The van der Waals surface area contributed by atoms with Crippen molar-refractivity contribution in [3.63, 3.8) is 0 Å². The minimum Gasteiger partial charge on any atom is -0.356 e. The summed E-state index contributed by atoms with van der Waals surface area (Å²) in [5.74, 6) is 0.808. The molecule has 1 aliphatic heterocycles. The fourth-order valence-corrected chi connectivity index (χ4v) is 13.1. The van der Waals surface area contributed by atoms with Crippen LogP contribution in [-0.4, -0.2) is 30.4 Å². The van der Waals surface area contributed by atoms with E-state index in [1.807, 2.05) is 0 Å². The van der Waals surface area contributed by atoms with E-state index in [1.54, 1.807) is 0 Å². The van der Waals surface area contributed by atoms with E-state index in [9.17, 15) is 0 Å². The molecule has 1 aromatic rings. The van der Waals surface area contributed by atoms with E-state index < -0.39 is 8.24 Å². The van der Waals surface area contributed by atoms with Gasteiger partial charge in [-0.2, -0.15) is 0 Å². The molecule has 24 heavy (non-hydrogen) atoms. The Morgan fingerprint density at radius 2 is 1.75 bits per heavy atom. The molecule has 0 bridgehead atoms. The molecule has 0 radical (unpaired) electrons. The number of anilines is 1. The lowest BCUT2D eigenvalue weighted by molar-refractivity contribution is 0.491. The van der Waals surface area contributed by atoms with Gasteiger partial charge in [-0.15, -0.1) is 11.8 Å². The summed E-state index contributed by atoms with van der Waals surface area (Å²) in [6.07, 6.45) is 1.34. The Labute approximate surface area is 153 Å². The molecular formula is C20H34N2SSi. The summed E-state index contributed by atoms with van der Waals surface area (Å²) in [6, 6.07) is 11.7. The molecule has 1 heterocycles. The molecule has 5 atom stereocenters. The third kappa shape index (κ3) is 3.42. The quantitative estimate of drug-likeness (QED) is 0.732. The van der Waals surface area contributed by atoms with Crippen molar-refractivity contribution in [1.82, 2.24) is 4.98 Å². The van der Waals surface area contributed by atoms with Crippen molar-refractivity contribution in [3.05, 3.63) is 30.3 Å². The van der Waals surface area contributed by atoms with E-state index in [2.05, 4.69) is 99.7 Å². The van der Waals surface area contributed by atoms with Gasteiger partial charge < -0.3 is 9.88 Å². The van der Waals surface area contributed by atoms with Crippen LogP contribution in [-0.2, 0) is 0 Å². The first-order valence-electron chi connectivity index (χ1n) is 9.38. The maximum Gasteiger partial charge on any atom is 0.124 e. The van der Waals surface area contributed by atoms with E-state index in [-0.39, 0.29) is 5.54 Å². The highest BCUT2D eigenvalue weighted by Gasteiger charge is 2.56. The number of hydrogen-bond donors (Lipinski definition) is 1. The normalized spacial score (nSPS) is 33.8. The maximum atomic E-state index is 4.06. The number of rotatable bonds is 3. The summed E-state index contributed by atoms with van der Waals surface area (Å²) in [6.45, 7) is 17.0. The largest absolute Gasteiger partial charge is 0.356 e. The minimum atomic E-state index is -1.51. The fraction of sp³-hybridized carbons (Fsp3) is 0.700. The standard InChI is InChI=1S/C20H34N2SSi/c1-14-13-17-18(19(14)24(6,7)21-20(3,4)5)23-15(2)22(17)16-11-9-8-10-12-16/h8-12,14-15,17-19,21H,13H2,1-7H3. The first-order valence-corrected chi connectivity index (χ1v) is 13.4. The molecule has 1 saturated carbocycles. The van der Waals surface area contributed by atoms with Crippen LogP contribution in [0.4, 0.5) is 5.69 Å². The third-order valence-electron chi connectivity index (χ3n) is 5.65. The lowest BCUT2D eigenvalue weighted by Gasteiger charge is -2.41. The monoisotopic (exact) mass is 362 g/mol. The van der Waals surface area contributed by atoms with Crippen LogP contribution in [0.5, 0.6) is 0 Å². The molecule has 1 N–H and O–H groups in total. The van der Waals surface area contributed by atoms with E-state index in [1.165, 1.54) is 12.1 Å². The highest BCUT2D eigenvalue weighted by atomic mass is 32.2. The topological polar surface area (TPSA) is 15.3 Å². The van der Waals surface area contributed by atoms with Crippen LogP contribution in [0.15, 0.2) is 30.3 Å². The van der Waals surface area contributed by atoms with Crippen LogP contribution in [0.3, 0.4) is 0 Å². The summed E-state index contributed by atoms with van der Waals surface area (Å²) < 4.78 is 0. The first-order chi connectivity index (χ1) is 11.1. The Kier molecular flexibility index (Phi) is 4.87. The summed E-state index contributed by atoms with van der Waals surface area (Å²) in [7, 11) is -1.51. The molecule has 2 aliphatic rings. The zero-order valence-electron chi connectivity index (χ0n) is 16.3. The van der Waals surface area contributed by atoms with Crippen LogP contribution >= 0.6 is 11.8 Å². The molecule has 3 rings (SSSR count). The number of fused-ring (bicyclic) bond motifs is 1. The molecule has 0 aromatic heterocycles. The zero-order chi connectivity index (χ0) is 17.7. The second kappa shape index (κ2) is 6.37. The van der Waals surface area contributed by atoms with Gasteiger partial charge in [-0.25, -0.2) is 0 Å². The first kappa shape index (κ1) is 18.3. The van der Waals surface area contributed by atoms with Crippen LogP contribution in [0.1, 0.15) is 41.0 Å². The van der Waals surface area contributed by atoms with Gasteiger partial charge >= 0.3 is 0 Å². The highest BCUT2D eigenvalue weighted by Crippen LogP contribution is 2.56. The Morgan fingerprint density at radius 1 is 1.12 bits per heavy atom. The molecule has 4 heteroatoms. The molecule has 2 nitrogen and oxygen atoms in total. The molecule has 2 fully saturated rings. The predicted molar refractivity (Wildman–Crippen MR) is 111 cm³/mol. The summed E-state index contributed by atoms with van der Waals surface area (Å²) in [5, 5.41) is 1.35. The average molecular weight is 363 g/mol. The Balaban J connectivity index is 1.87. The maximum absolute atomic E-state index is 4.06. The summed E-state index contributed by atoms with van der Waals surface area (Å²) >= 11 is 2.22. The van der Waals surface area contributed by atoms with Crippen LogP contribution in [0.2, 0.25) is 18.6 Å². The summed E-state index contributed by atoms with van der Waals surface area (Å²) in [4.78, 5) is 6.76. The molecule has 0 spiro atoms. The molecule has 1 aliphatic carbocycles. The second-order valence-electron chi connectivity index (χ2n) is 9.35. The van der Waals surface area contributed by atoms with Crippen molar-refractivity contribution in [2.75, 3.05) is 4.90 Å². The second-order valence-corrected chi connectivity index (χ2v) is 15.2. The Morgan fingerprint density at radius 3 is 2.33 bits per heavy atom. The molecule has 1 saturated heterocycles. The Hall–Kier alpha value is -0.453. The van der Waals surface area contributed by atoms with Gasteiger partial charge in [0.1, 0.15) is 8.24 Å². The highest BCUT2D eigenvalue weighted by molar-refractivity contribution is 8.01. The van der Waals surface area contributed by atoms with Crippen molar-refractivity contribution in [3.8, 4) is 0 Å². The number of nitrogens with zero attached hydrogens (tertiary/aromatic N) is 1. The van der Waals surface area contributed by atoms with Gasteiger partial charge in [-0.1, -0.05) is 38.2 Å². The SMILES string of the molecule is CC1CC2C(SC(C)N2c2ccccc2)C1[Si](C)(C)NC(C)(C)C. The smallest absolute Gasteiger partial charge is 0.124 e. The zero-order valence-corrected chi connectivity index (χ0v) is 18.2. The van der Waals surface area contributed by atoms with Gasteiger partial charge in [0.05, 0.1) is 5.37 Å². The average Bonchev–Trinajstić information content (AvgIpc) is 2.89. The van der Waals surface area contributed by atoms with Gasteiger partial charge in [-0.05, 0) is 57.7 Å². The molecule has 0 amide bonds. The van der Waals surface area contributed by atoms with Crippen LogP contribution in [0, 0.1) is 5.92 Å². The lowest BCUT2D eigenvalue weighted by Crippen LogP contribution is -2.59. The minimum absolute atomic E-state index is 0.210. The molecule has 1 aromatic carbocycles. The number of nitrogens with one attached hydrogen (secondary N) is 1. The van der Waals surface area contributed by atoms with Gasteiger partial charge in [0.15, 0.2) is 0 Å². The van der Waals surface area contributed by atoms with Gasteiger partial charge in [0.2, 0.25) is 0 Å². The van der Waals surface area contributed by atoms with Crippen molar-refractivity contribution < 1.29 is 0 Å². The van der Waals surface area contributed by atoms with E-state index in [0.717, 1.165) is 16.7 Å². The number of para-hydroxylation sites is 1. The molecule has 134 valence electrons. The molecule has 5 unspecified atom stereocenters. The van der Waals surface area contributed by atoms with Crippen molar-refractivity contribution in [2.45, 2.75) is 81.9 Å². The number of hydrogen-bond acceptors (Lipinski definition) is 3. The third-order valence-corrected chi connectivity index (χ3v) is 11.4. The lowest BCUT2D eigenvalue weighted by atomic mass is 10.1. The van der Waals surface area contributed by atoms with Gasteiger partial charge in [0, 0.05) is 22.5 Å². The summed E-state index contributed by atoms with van der Waals surface area (Å²) in [5.41, 5.74) is 2.45. The molecular weight excluding hydrogens is 328 g/mol. The number of benzene rings is 1. The van der Waals surface area contributed by atoms with Crippen molar-refractivity contribution in [1.29, 1.82) is 0 Å². The van der Waals surface area contributed by atoms with E-state index in [4.69, 9.17) is 0 Å². The van der Waals surface area contributed by atoms with Crippen molar-refractivity contribution >= 4 is 25.7 Å². The Bertz CT molecular complexity index is 569. The number of thioether (sulfide) groups is 1. The predicted octanol–water partition coefficient (Wildman–Crippen LogP) is 5.33. The van der Waals surface area contributed by atoms with Crippen LogP contribution in [0.25, 0.3) is 0 Å². The van der Waals surface area contributed by atoms with Gasteiger partial charge in [0.25, 0.3) is 0 Å².